The van der Waals surface area contributed by atoms with Crippen LogP contribution in [0.1, 0.15) is 62.1 Å². The molecule has 0 atom stereocenters. The molecule has 0 heterocycles. The van der Waals surface area contributed by atoms with E-state index >= 15 is 0 Å². The van der Waals surface area contributed by atoms with E-state index in [-0.39, 0.29) is 55.9 Å². The second-order valence-electron chi connectivity index (χ2n) is 13.5. The number of methoxy groups -OCH3 is 2. The van der Waals surface area contributed by atoms with Crippen LogP contribution in [0.15, 0.2) is 121 Å². The van der Waals surface area contributed by atoms with Gasteiger partial charge in [-0.15, -0.1) is 10.1 Å². The van der Waals surface area contributed by atoms with Gasteiger partial charge in [-0.1, -0.05) is 36.4 Å². The lowest BCUT2D eigenvalue weighted by Gasteiger charge is -2.12. The first kappa shape index (κ1) is 59.0. The van der Waals surface area contributed by atoms with E-state index in [1.165, 1.54) is 24.3 Å². The Hall–Kier alpha value is -11.1. The summed E-state index contributed by atoms with van der Waals surface area (Å²) < 4.78 is 9.27. The molecule has 0 radical (unpaired) electrons. The van der Waals surface area contributed by atoms with Gasteiger partial charge >= 0.3 is 35.8 Å². The summed E-state index contributed by atoms with van der Waals surface area (Å²) in [6.07, 6.45) is 0. The van der Waals surface area contributed by atoms with Crippen molar-refractivity contribution in [3.8, 4) is 33.4 Å². The first-order chi connectivity index (χ1) is 34.9. The fraction of sp³-hybridized carbons (Fsp3) is 0.0667. The highest BCUT2D eigenvalue weighted by atomic mass is 16.9. The van der Waals surface area contributed by atoms with Crippen molar-refractivity contribution in [2.75, 3.05) is 21.3 Å². The topological polar surface area (TPSA) is 458 Å². The number of nitro groups is 4. The smallest absolute Gasteiger partial charge is 0.338 e. The average molecular weight is 1030 g/mol. The number of nitrogens with zero attached hydrogens (tertiary/aromatic N) is 5. The van der Waals surface area contributed by atoms with Crippen LogP contribution in [0.3, 0.4) is 0 Å². The number of aromatic carboxylic acids is 4. The predicted molar refractivity (Wildman–Crippen MR) is 250 cm³/mol. The van der Waals surface area contributed by atoms with E-state index < -0.39 is 83.1 Å². The number of nitro benzene ring substituents is 4. The zero-order chi connectivity index (χ0) is 56.1. The van der Waals surface area contributed by atoms with Gasteiger partial charge in [0.05, 0.1) is 67.3 Å². The van der Waals surface area contributed by atoms with E-state index in [4.69, 9.17) is 30.6 Å². The van der Waals surface area contributed by atoms with Crippen LogP contribution in [0.4, 0.5) is 22.7 Å². The molecule has 6 aromatic carbocycles. The Labute approximate surface area is 411 Å². The number of benzene rings is 6. The lowest BCUT2D eigenvalue weighted by molar-refractivity contribution is -0.742. The van der Waals surface area contributed by atoms with Gasteiger partial charge in [-0.2, -0.15) is 0 Å². The van der Waals surface area contributed by atoms with Crippen LogP contribution in [0.2, 0.25) is 0 Å². The second-order valence-corrected chi connectivity index (χ2v) is 13.5. The van der Waals surface area contributed by atoms with Crippen molar-refractivity contribution in [1.29, 1.82) is 0 Å². The molecule has 6 N–H and O–H groups in total. The fourth-order valence-electron chi connectivity index (χ4n) is 6.24. The van der Waals surface area contributed by atoms with Crippen molar-refractivity contribution in [2.45, 2.75) is 0 Å². The van der Waals surface area contributed by atoms with E-state index in [2.05, 4.69) is 9.47 Å². The monoisotopic (exact) mass is 1030 g/mol. The highest BCUT2D eigenvalue weighted by Gasteiger charge is 2.26. The van der Waals surface area contributed by atoms with E-state index in [0.717, 1.165) is 82.0 Å². The summed E-state index contributed by atoms with van der Waals surface area (Å²) in [6.45, 7) is 0. The lowest BCUT2D eigenvalue weighted by atomic mass is 9.94. The van der Waals surface area contributed by atoms with Crippen LogP contribution in [0.25, 0.3) is 33.4 Å². The maximum atomic E-state index is 12.0. The summed E-state index contributed by atoms with van der Waals surface area (Å²) >= 11 is 0. The van der Waals surface area contributed by atoms with Gasteiger partial charge in [0.25, 0.3) is 27.8 Å². The van der Waals surface area contributed by atoms with Crippen molar-refractivity contribution in [3.05, 3.63) is 205 Å². The Morgan fingerprint density at radius 3 is 0.784 bits per heavy atom. The molecule has 0 aliphatic carbocycles. The third-order valence-corrected chi connectivity index (χ3v) is 9.31. The SMILES string of the molecule is CO.COC(=O)c1cc([N+](=O)[O-])ccc1-c1ccc([N+](=O)[O-])cc1C(=O)OC.O=C(O)c1cc([N+](=O)[O-])ccc1-c1ccc([N+](=O)[O-])cc1C(=O)O.O=C(O)c1ccccc1-c1ccccc1C(=O)O.O=[N+]([O-])O. The van der Waals surface area contributed by atoms with Gasteiger partial charge < -0.3 is 40.2 Å². The molecule has 0 bridgehead atoms. The number of esters is 2. The number of ether oxygens (including phenoxy) is 2. The number of carboxylic acid groups (broad SMARTS) is 4. The van der Waals surface area contributed by atoms with Crippen LogP contribution in [0.5, 0.6) is 0 Å². The number of carboxylic acids is 4. The molecule has 0 aromatic heterocycles. The Bertz CT molecular complexity index is 2980. The van der Waals surface area contributed by atoms with Crippen molar-refractivity contribution < 1.29 is 93.8 Å². The fourth-order valence-corrected chi connectivity index (χ4v) is 6.24. The maximum absolute atomic E-state index is 12.0. The number of carbonyl (C=O) groups excluding carboxylic acids is 2. The molecule has 0 amide bonds. The number of aliphatic hydroxyl groups is 1. The minimum absolute atomic E-state index is 0.0891. The molecule has 6 aromatic rings. The van der Waals surface area contributed by atoms with Crippen LogP contribution in [-0.4, -0.2) is 113 Å². The summed E-state index contributed by atoms with van der Waals surface area (Å²) in [7, 11) is 3.20. The Morgan fingerprint density at radius 1 is 0.365 bits per heavy atom. The van der Waals surface area contributed by atoms with Crippen LogP contribution in [-0.2, 0) is 9.47 Å². The predicted octanol–water partition coefficient (Wildman–Crippen LogP) is 7.32. The summed E-state index contributed by atoms with van der Waals surface area (Å²) in [5.74, 6) is -6.88. The Kier molecular flexibility index (Phi) is 21.7. The molecular formula is C45H35N5O24. The number of hydrogen-bond acceptors (Lipinski definition) is 19. The van der Waals surface area contributed by atoms with E-state index in [1.807, 2.05) is 0 Å². The van der Waals surface area contributed by atoms with Gasteiger partial charge in [0.1, 0.15) is 0 Å². The number of rotatable bonds is 13. The third-order valence-electron chi connectivity index (χ3n) is 9.31. The Morgan fingerprint density at radius 2 is 0.568 bits per heavy atom. The molecular weight excluding hydrogens is 995 g/mol. The normalized spacial score (nSPS) is 9.68. The molecule has 74 heavy (non-hydrogen) atoms. The number of aliphatic hydroxyl groups excluding tert-OH is 1. The summed E-state index contributed by atoms with van der Waals surface area (Å²) in [6, 6.07) is 25.3. The lowest BCUT2D eigenvalue weighted by Crippen LogP contribution is -2.09. The van der Waals surface area contributed by atoms with Crippen molar-refractivity contribution in [2.24, 2.45) is 0 Å². The van der Waals surface area contributed by atoms with Crippen molar-refractivity contribution in [1.82, 2.24) is 0 Å². The first-order valence-corrected chi connectivity index (χ1v) is 19.6. The molecule has 0 spiro atoms. The largest absolute Gasteiger partial charge is 0.478 e. The summed E-state index contributed by atoms with van der Waals surface area (Å²) in [4.78, 5) is 118. The number of non-ortho nitro benzene ring substituents is 4. The molecule has 29 heteroatoms. The zero-order valence-corrected chi connectivity index (χ0v) is 37.8. The first-order valence-electron chi connectivity index (χ1n) is 19.6. The van der Waals surface area contributed by atoms with E-state index in [1.54, 1.807) is 36.4 Å². The molecule has 6 rings (SSSR count). The summed E-state index contributed by atoms with van der Waals surface area (Å²) in [5, 5.41) is 101. The van der Waals surface area contributed by atoms with Gasteiger partial charge in [0.15, 0.2) is 0 Å². The molecule has 0 aliphatic heterocycles. The molecule has 0 aliphatic rings. The molecule has 0 unspecified atom stereocenters. The van der Waals surface area contributed by atoms with Gasteiger partial charge in [-0.05, 0) is 69.8 Å². The van der Waals surface area contributed by atoms with Gasteiger partial charge in [0, 0.05) is 55.6 Å². The Balaban J connectivity index is 0.000000365. The van der Waals surface area contributed by atoms with Crippen molar-refractivity contribution in [3.63, 3.8) is 0 Å². The number of carbonyl (C=O) groups is 6. The van der Waals surface area contributed by atoms with Gasteiger partial charge in [-0.3, -0.25) is 40.5 Å². The van der Waals surface area contributed by atoms with Crippen LogP contribution < -0.4 is 0 Å². The molecule has 29 nitrogen and oxygen atoms in total. The second kappa shape index (κ2) is 27.2. The van der Waals surface area contributed by atoms with Crippen LogP contribution >= 0.6 is 0 Å². The summed E-state index contributed by atoms with van der Waals surface area (Å²) in [5.41, 5.74) is -1.89. The van der Waals surface area contributed by atoms with Crippen LogP contribution in [0, 0.1) is 50.6 Å². The van der Waals surface area contributed by atoms with Crippen molar-refractivity contribution >= 4 is 58.6 Å². The van der Waals surface area contributed by atoms with E-state index in [0.29, 0.717) is 11.1 Å². The zero-order valence-electron chi connectivity index (χ0n) is 37.8. The number of hydrogen-bond donors (Lipinski definition) is 6. The minimum Gasteiger partial charge on any atom is -0.478 e. The third kappa shape index (κ3) is 15.5. The molecule has 0 saturated heterocycles. The quantitative estimate of drug-likeness (QED) is 0.0374. The molecule has 0 fully saturated rings. The molecule has 384 valence electrons. The maximum Gasteiger partial charge on any atom is 0.338 e. The van der Waals surface area contributed by atoms with Gasteiger partial charge in [-0.25, -0.2) is 28.8 Å². The minimum atomic E-state index is -1.50. The molecule has 0 saturated carbocycles. The highest BCUT2D eigenvalue weighted by molar-refractivity contribution is 6.05. The highest BCUT2D eigenvalue weighted by Crippen LogP contribution is 2.35. The standard InChI is InChI=1S/C16H12N2O8.C14H8N2O8.C14H10O4.CH4O.HNO3/c1-25-15(19)13-7-9(17(21)22)3-5-11(13)12-6-4-10(18(23)24)8-14(12)16(20)26-2;17-13(18)11-5-7(15(21)22)1-3-9(11)10-4-2-8(16(23)24)6-12(10)14(19)20;15-13(16)11-7-3-1-5-9(11)10-6-2-4-8-12(10)14(17)18;1-2;2-1(3)4/h3-8H,1-2H3;1-6H,(H,17,18)(H,19,20);1-8H,(H,15,16)(H,17,18);2H,1H3;(H,2,3,4). The van der Waals surface area contributed by atoms with E-state index in [9.17, 15) is 79.4 Å². The average Bonchev–Trinajstić information content (AvgIpc) is 3.38. The van der Waals surface area contributed by atoms with Gasteiger partial charge in [0.2, 0.25) is 0 Å².